The van der Waals surface area contributed by atoms with Crippen molar-refractivity contribution in [2.75, 3.05) is 63.9 Å². The summed E-state index contributed by atoms with van der Waals surface area (Å²) in [7, 11) is 0. The van der Waals surface area contributed by atoms with Crippen LogP contribution in [0.5, 0.6) is 11.8 Å². The normalized spacial score (nSPS) is 22.5. The molecule has 4 saturated heterocycles. The zero-order valence-electron chi connectivity index (χ0n) is 34.3. The number of benzene rings is 2. The molecule has 57 heavy (non-hydrogen) atoms. The van der Waals surface area contributed by atoms with Crippen LogP contribution in [0.4, 0.5) is 10.6 Å². The van der Waals surface area contributed by atoms with Crippen LogP contribution in [0.3, 0.4) is 0 Å². The molecule has 0 saturated carbocycles. The van der Waals surface area contributed by atoms with E-state index >= 15 is 0 Å². The van der Waals surface area contributed by atoms with Gasteiger partial charge in [-0.05, 0) is 115 Å². The van der Waals surface area contributed by atoms with E-state index < -0.39 is 5.60 Å². The first kappa shape index (κ1) is 39.7. The number of piperidine rings is 3. The molecule has 0 N–H and O–H groups in total. The predicted octanol–water partition coefficient (Wildman–Crippen LogP) is 8.99. The molecular weight excluding hydrogens is 742 g/mol. The monoisotopic (exact) mass is 799 g/mol. The quantitative estimate of drug-likeness (QED) is 0.163. The number of hydrogen-bond acceptors (Lipinski definition) is 10. The van der Waals surface area contributed by atoms with Gasteiger partial charge in [-0.3, -0.25) is 0 Å². The first-order valence-electron chi connectivity index (χ1n) is 21.1. The van der Waals surface area contributed by atoms with Gasteiger partial charge < -0.3 is 33.6 Å². The molecule has 0 spiro atoms. The van der Waals surface area contributed by atoms with Crippen LogP contribution in [-0.2, 0) is 9.47 Å². The van der Waals surface area contributed by atoms with Crippen molar-refractivity contribution in [1.29, 1.82) is 0 Å². The molecule has 4 aliphatic rings. The fourth-order valence-electron chi connectivity index (χ4n) is 9.23. The lowest BCUT2D eigenvalue weighted by molar-refractivity contribution is -0.0366. The number of likely N-dealkylation sites (tertiary alicyclic amines) is 2. The molecule has 2 aromatic heterocycles. The number of anilines is 1. The van der Waals surface area contributed by atoms with E-state index in [2.05, 4.69) is 29.4 Å². The molecule has 4 fully saturated rings. The molecule has 13 heteroatoms. The summed E-state index contributed by atoms with van der Waals surface area (Å²) in [6.07, 6.45) is 10.1. The van der Waals surface area contributed by atoms with Gasteiger partial charge in [-0.1, -0.05) is 31.2 Å². The highest BCUT2D eigenvalue weighted by Gasteiger charge is 2.38. The van der Waals surface area contributed by atoms with Gasteiger partial charge in [-0.25, -0.2) is 9.48 Å². The predicted molar refractivity (Wildman–Crippen MR) is 225 cm³/mol. The lowest BCUT2D eigenvalue weighted by Crippen LogP contribution is -2.52. The Labute approximate surface area is 341 Å². The van der Waals surface area contributed by atoms with Gasteiger partial charge in [-0.2, -0.15) is 15.1 Å². The number of ether oxygens (including phenoxy) is 4. The highest BCUT2D eigenvalue weighted by Crippen LogP contribution is 2.48. The van der Waals surface area contributed by atoms with E-state index in [0.29, 0.717) is 53.8 Å². The maximum absolute atomic E-state index is 13.0. The van der Waals surface area contributed by atoms with Crippen LogP contribution in [0.15, 0.2) is 31.0 Å². The lowest BCUT2D eigenvalue weighted by atomic mass is 9.80. The van der Waals surface area contributed by atoms with Gasteiger partial charge in [-0.15, -0.1) is 0 Å². The van der Waals surface area contributed by atoms with Gasteiger partial charge in [0.05, 0.1) is 18.3 Å². The van der Waals surface area contributed by atoms with Crippen molar-refractivity contribution in [2.45, 2.75) is 97.5 Å². The summed E-state index contributed by atoms with van der Waals surface area (Å²) >= 11 is 7.19. The topological polar surface area (TPSA) is 107 Å². The molecule has 306 valence electrons. The van der Waals surface area contributed by atoms with Crippen molar-refractivity contribution in [3.05, 3.63) is 41.6 Å². The molecule has 12 nitrogen and oxygen atoms in total. The smallest absolute Gasteiger partial charge is 0.410 e. The molecule has 0 bridgehead atoms. The lowest BCUT2D eigenvalue weighted by Gasteiger charge is -2.45. The first-order chi connectivity index (χ1) is 27.5. The number of hydrogen-bond donors (Lipinski definition) is 0. The van der Waals surface area contributed by atoms with Crippen molar-refractivity contribution in [2.24, 2.45) is 11.8 Å². The Morgan fingerprint density at radius 2 is 1.77 bits per heavy atom. The summed E-state index contributed by atoms with van der Waals surface area (Å²) in [5.41, 5.74) is 3.62. The third kappa shape index (κ3) is 8.14. The van der Waals surface area contributed by atoms with Crippen molar-refractivity contribution >= 4 is 51.4 Å². The van der Waals surface area contributed by atoms with Gasteiger partial charge in [0, 0.05) is 72.8 Å². The van der Waals surface area contributed by atoms with Crippen molar-refractivity contribution in [3.8, 4) is 22.9 Å². The van der Waals surface area contributed by atoms with Crippen LogP contribution in [0, 0.1) is 11.8 Å². The molecule has 8 rings (SSSR count). The molecule has 4 aromatic rings. The minimum absolute atomic E-state index is 0.0134. The number of halogens is 1. The highest BCUT2D eigenvalue weighted by molar-refractivity contribution is 6.35. The maximum Gasteiger partial charge on any atom is 0.410 e. The SMILES string of the molecule is C=Cc1cc2c(N3CCC4CN(C(=O)OC(C)(C)C)CCC4C3)nc(OC3CCN(CC)CC3)nc2c(OCC)c1-c1c(Cl)ccc2c1cnn2C1CCCCO1. The fourth-order valence-corrected chi connectivity index (χ4v) is 9.49. The highest BCUT2D eigenvalue weighted by atomic mass is 35.5. The van der Waals surface area contributed by atoms with Crippen LogP contribution >= 0.6 is 11.6 Å². The number of amides is 1. The second-order valence-corrected chi connectivity index (χ2v) is 17.4. The molecule has 1 amide bonds. The molecule has 3 unspecified atom stereocenters. The second-order valence-electron chi connectivity index (χ2n) is 17.0. The van der Waals surface area contributed by atoms with Gasteiger partial charge in [0.25, 0.3) is 0 Å². The summed E-state index contributed by atoms with van der Waals surface area (Å²) in [5.74, 6) is 2.23. The zero-order chi connectivity index (χ0) is 39.8. The van der Waals surface area contributed by atoms with Gasteiger partial charge in [0.15, 0.2) is 12.0 Å². The van der Waals surface area contributed by atoms with Crippen molar-refractivity contribution in [3.63, 3.8) is 0 Å². The minimum Gasteiger partial charge on any atom is -0.491 e. The summed E-state index contributed by atoms with van der Waals surface area (Å²) in [5, 5.41) is 7.23. The molecule has 0 aliphatic carbocycles. The number of fused-ring (bicyclic) bond motifs is 3. The number of carbonyl (C=O) groups is 1. The Morgan fingerprint density at radius 3 is 2.49 bits per heavy atom. The Kier molecular flexibility index (Phi) is 11.6. The molecule has 0 radical (unpaired) electrons. The first-order valence-corrected chi connectivity index (χ1v) is 21.5. The molecular formula is C44H58ClN7O5. The zero-order valence-corrected chi connectivity index (χ0v) is 35.0. The van der Waals surface area contributed by atoms with E-state index in [1.807, 2.05) is 61.7 Å². The third-order valence-electron chi connectivity index (χ3n) is 12.2. The second kappa shape index (κ2) is 16.6. The van der Waals surface area contributed by atoms with Crippen LogP contribution in [-0.4, -0.2) is 106 Å². The number of carbonyl (C=O) groups excluding carboxylic acids is 1. The van der Waals surface area contributed by atoms with Gasteiger partial charge in [0.2, 0.25) is 0 Å². The molecule has 2 aromatic carbocycles. The average Bonchev–Trinajstić information content (AvgIpc) is 3.64. The largest absolute Gasteiger partial charge is 0.491 e. The standard InChI is InChI=1S/C44H58ClN7O5/c1-7-28-24-32-39(40(54-9-3)37(28)38-33-25-46-52(35(33)14-13-34(38)45)36-12-10-11-23-55-36)47-42(56-31-17-19-49(8-2)20-18-31)48-41(32)50-21-15-30-27-51(22-16-29(30)26-50)43(53)57-44(4,5)6/h7,13-14,24-25,29-31,36H,1,8-12,15-23,26-27H2,2-6H3. The number of rotatable bonds is 9. The molecule has 6 heterocycles. The Hall–Kier alpha value is -4.13. The number of aromatic nitrogens is 4. The number of nitrogens with zero attached hydrogens (tertiary/aromatic N) is 7. The van der Waals surface area contributed by atoms with Crippen molar-refractivity contribution in [1.82, 2.24) is 29.5 Å². The van der Waals surface area contributed by atoms with E-state index in [1.54, 1.807) is 0 Å². The summed E-state index contributed by atoms with van der Waals surface area (Å²) in [6, 6.07) is 6.46. The Bertz CT molecular complexity index is 2100. The summed E-state index contributed by atoms with van der Waals surface area (Å²) in [6.45, 7) is 21.4. The van der Waals surface area contributed by atoms with E-state index in [4.69, 9.17) is 45.6 Å². The summed E-state index contributed by atoms with van der Waals surface area (Å²) < 4.78 is 27.3. The molecule has 4 aliphatic heterocycles. The van der Waals surface area contributed by atoms with Gasteiger partial charge in [0.1, 0.15) is 23.0 Å². The summed E-state index contributed by atoms with van der Waals surface area (Å²) in [4.78, 5) is 30.2. The van der Waals surface area contributed by atoms with Crippen LogP contribution in [0.1, 0.15) is 91.4 Å². The van der Waals surface area contributed by atoms with Crippen molar-refractivity contribution < 1.29 is 23.7 Å². The van der Waals surface area contributed by atoms with Crippen LogP contribution < -0.4 is 14.4 Å². The fraction of sp³-hybridized carbons (Fsp3) is 0.591. The Morgan fingerprint density at radius 1 is 0.982 bits per heavy atom. The van der Waals surface area contributed by atoms with Crippen LogP contribution in [0.2, 0.25) is 5.02 Å². The molecule has 3 atom stereocenters. The van der Waals surface area contributed by atoms with E-state index in [-0.39, 0.29) is 18.4 Å². The van der Waals surface area contributed by atoms with Gasteiger partial charge >= 0.3 is 12.1 Å². The third-order valence-corrected chi connectivity index (χ3v) is 12.5. The maximum atomic E-state index is 13.0. The van der Waals surface area contributed by atoms with Crippen LogP contribution in [0.25, 0.3) is 39.0 Å². The minimum atomic E-state index is -0.521. The Balaban J connectivity index is 1.22. The van der Waals surface area contributed by atoms with E-state index in [1.165, 1.54) is 0 Å². The average molecular weight is 800 g/mol. The van der Waals surface area contributed by atoms with E-state index in [0.717, 1.165) is 123 Å². The van der Waals surface area contributed by atoms with E-state index in [9.17, 15) is 4.79 Å².